The summed E-state index contributed by atoms with van der Waals surface area (Å²) in [6.07, 6.45) is -0.613. The zero-order valence-electron chi connectivity index (χ0n) is 26.8. The van der Waals surface area contributed by atoms with Gasteiger partial charge in [-0.15, -0.1) is 0 Å². The first kappa shape index (κ1) is 35.4. The summed E-state index contributed by atoms with van der Waals surface area (Å²) in [4.78, 5) is 28.0. The number of fused-ring (bicyclic) bond motifs is 1. The van der Waals surface area contributed by atoms with Crippen molar-refractivity contribution in [3.63, 3.8) is 0 Å². The minimum absolute atomic E-state index is 0.0371. The van der Waals surface area contributed by atoms with Crippen molar-refractivity contribution < 1.29 is 33.0 Å². The number of aliphatic carboxylic acids is 1. The van der Waals surface area contributed by atoms with E-state index in [-0.39, 0.29) is 5.92 Å². The van der Waals surface area contributed by atoms with Crippen molar-refractivity contribution in [1.29, 1.82) is 0 Å². The van der Waals surface area contributed by atoms with E-state index in [0.717, 1.165) is 53.6 Å². The molecule has 2 N–H and O–H groups in total. The first-order valence-corrected chi connectivity index (χ1v) is 17.0. The number of likely N-dealkylation sites (tertiary alicyclic amines) is 1. The first-order valence-electron chi connectivity index (χ1n) is 16.2. The van der Waals surface area contributed by atoms with Gasteiger partial charge in [0.1, 0.15) is 5.82 Å². The van der Waals surface area contributed by atoms with Gasteiger partial charge in [-0.1, -0.05) is 65.7 Å². The fourth-order valence-corrected chi connectivity index (χ4v) is 6.86. The van der Waals surface area contributed by atoms with Crippen LogP contribution in [0.1, 0.15) is 82.0 Å². The molecule has 2 fully saturated rings. The van der Waals surface area contributed by atoms with E-state index in [4.69, 9.17) is 38.1 Å². The maximum Gasteiger partial charge on any atom is 0.490 e. The first-order chi connectivity index (χ1) is 23.9. The third kappa shape index (κ3) is 8.31. The highest BCUT2D eigenvalue weighted by atomic mass is 35.5. The molecule has 1 saturated heterocycles. The lowest BCUT2D eigenvalue weighted by Crippen LogP contribution is -2.34. The largest absolute Gasteiger partial charge is 0.490 e. The molecule has 0 radical (unpaired) electrons. The van der Waals surface area contributed by atoms with Gasteiger partial charge in [-0.2, -0.15) is 13.2 Å². The molecule has 0 amide bonds. The number of aromatic carboxylic acids is 1. The van der Waals surface area contributed by atoms with Crippen LogP contribution < -0.4 is 0 Å². The highest BCUT2D eigenvalue weighted by Gasteiger charge is 2.38. The molecule has 0 unspecified atom stereocenters. The van der Waals surface area contributed by atoms with Crippen molar-refractivity contribution >= 4 is 46.2 Å². The number of hydrogen-bond donors (Lipinski definition) is 2. The summed E-state index contributed by atoms with van der Waals surface area (Å²) in [6.45, 7) is 2.69. The van der Waals surface area contributed by atoms with Crippen LogP contribution in [-0.4, -0.2) is 55.9 Å². The number of aromatic nitrogens is 2. The molecule has 1 aliphatic heterocycles. The predicted molar refractivity (Wildman–Crippen MR) is 186 cm³/mol. The quantitative estimate of drug-likeness (QED) is 0.155. The van der Waals surface area contributed by atoms with Crippen LogP contribution in [0.15, 0.2) is 91.0 Å². The van der Waals surface area contributed by atoms with Crippen LogP contribution in [-0.2, 0) is 11.3 Å². The second kappa shape index (κ2) is 14.8. The second-order valence-electron chi connectivity index (χ2n) is 12.7. The number of hydrogen-bond acceptors (Lipinski definition) is 4. The molecule has 1 aromatic heterocycles. The fraction of sp³-hybridized carbons (Fsp3) is 0.289. The lowest BCUT2D eigenvalue weighted by atomic mass is 9.85. The molecule has 5 aromatic rings. The van der Waals surface area contributed by atoms with E-state index in [9.17, 15) is 23.1 Å². The zero-order valence-corrected chi connectivity index (χ0v) is 28.3. The van der Waals surface area contributed by atoms with Crippen LogP contribution in [0.5, 0.6) is 0 Å². The van der Waals surface area contributed by atoms with E-state index in [1.165, 1.54) is 40.9 Å². The fourth-order valence-electron chi connectivity index (χ4n) is 6.61. The molecular formula is C38H34Cl2F3N3O4. The number of rotatable bonds is 8. The molecule has 7 rings (SSSR count). The maximum atomic E-state index is 11.4. The van der Waals surface area contributed by atoms with Crippen molar-refractivity contribution in [2.45, 2.75) is 56.3 Å². The average Bonchev–Trinajstić information content (AvgIpc) is 3.87. The van der Waals surface area contributed by atoms with E-state index in [1.807, 2.05) is 36.4 Å². The van der Waals surface area contributed by atoms with Gasteiger partial charge in [-0.3, -0.25) is 4.90 Å². The van der Waals surface area contributed by atoms with Crippen LogP contribution in [0.2, 0.25) is 10.0 Å². The molecule has 12 heteroatoms. The number of carboxylic acids is 2. The Morgan fingerprint density at radius 3 is 1.88 bits per heavy atom. The molecule has 2 aliphatic rings. The number of halogens is 5. The second-order valence-corrected chi connectivity index (χ2v) is 13.6. The summed E-state index contributed by atoms with van der Waals surface area (Å²) >= 11 is 12.5. The Labute approximate surface area is 296 Å². The van der Waals surface area contributed by atoms with E-state index in [2.05, 4.69) is 51.9 Å². The van der Waals surface area contributed by atoms with Gasteiger partial charge in [-0.05, 0) is 96.5 Å². The molecule has 0 spiro atoms. The van der Waals surface area contributed by atoms with Crippen molar-refractivity contribution in [2.24, 2.45) is 0 Å². The Hall–Kier alpha value is -4.38. The van der Waals surface area contributed by atoms with Crippen LogP contribution in [0, 0.1) is 0 Å². The normalized spacial score (nSPS) is 15.6. The monoisotopic (exact) mass is 723 g/mol. The number of imidazole rings is 1. The summed E-state index contributed by atoms with van der Waals surface area (Å²) in [7, 11) is 0. The van der Waals surface area contributed by atoms with Gasteiger partial charge in [0, 0.05) is 47.6 Å². The molecule has 2 heterocycles. The third-order valence-corrected chi connectivity index (χ3v) is 9.67. The molecule has 1 aliphatic carbocycles. The van der Waals surface area contributed by atoms with Crippen LogP contribution in [0.4, 0.5) is 13.2 Å². The van der Waals surface area contributed by atoms with Gasteiger partial charge in [0.25, 0.3) is 0 Å². The Morgan fingerprint density at radius 2 is 1.36 bits per heavy atom. The summed E-state index contributed by atoms with van der Waals surface area (Å²) < 4.78 is 34.3. The molecule has 4 aromatic carbocycles. The average molecular weight is 725 g/mol. The molecule has 1 saturated carbocycles. The predicted octanol–water partition coefficient (Wildman–Crippen LogP) is 9.57. The van der Waals surface area contributed by atoms with E-state index in [0.29, 0.717) is 17.5 Å². The van der Waals surface area contributed by atoms with Crippen molar-refractivity contribution in [2.75, 3.05) is 13.1 Å². The summed E-state index contributed by atoms with van der Waals surface area (Å²) in [6, 6.07) is 30.7. The lowest BCUT2D eigenvalue weighted by Gasteiger charge is -2.34. The molecule has 7 nitrogen and oxygen atoms in total. The van der Waals surface area contributed by atoms with Crippen LogP contribution >= 0.6 is 23.2 Å². The zero-order chi connectivity index (χ0) is 35.6. The Balaban J connectivity index is 0.000000561. The van der Waals surface area contributed by atoms with Crippen molar-refractivity contribution in [1.82, 2.24) is 14.5 Å². The molecule has 50 heavy (non-hydrogen) atoms. The maximum absolute atomic E-state index is 11.4. The standard InChI is InChI=1S/C36H33Cl2N3O2.C2HF3O2/c37-29-11-6-24(7-12-29)34(25-8-13-30(38)14-9-25)27-10-15-32-33(21-27)41(35(39-32)26-4-5-26)31-16-18-40(19-17-31)22-23-2-1-3-28(20-23)36(42)43;3-2(4,5)1(6)7/h1-3,6-15,20-21,26,31,34H,4-5,16-19,22H2,(H,42,43);(H,6,7). The van der Waals surface area contributed by atoms with E-state index in [1.54, 1.807) is 12.1 Å². The number of nitrogens with zero attached hydrogens (tertiary/aromatic N) is 3. The number of carbonyl (C=O) groups is 2. The number of benzene rings is 4. The highest BCUT2D eigenvalue weighted by molar-refractivity contribution is 6.30. The van der Waals surface area contributed by atoms with E-state index < -0.39 is 18.1 Å². The van der Waals surface area contributed by atoms with Gasteiger partial charge < -0.3 is 14.8 Å². The molecule has 0 atom stereocenters. The van der Waals surface area contributed by atoms with Crippen LogP contribution in [0.25, 0.3) is 11.0 Å². The van der Waals surface area contributed by atoms with E-state index >= 15 is 0 Å². The molecule has 0 bridgehead atoms. The number of carboxylic acid groups (broad SMARTS) is 2. The number of piperidine rings is 1. The van der Waals surface area contributed by atoms with Crippen LogP contribution in [0.3, 0.4) is 0 Å². The van der Waals surface area contributed by atoms with Crippen molar-refractivity contribution in [3.8, 4) is 0 Å². The summed E-state index contributed by atoms with van der Waals surface area (Å²) in [5, 5.41) is 18.0. The summed E-state index contributed by atoms with van der Waals surface area (Å²) in [5.74, 6) is -1.83. The highest BCUT2D eigenvalue weighted by Crippen LogP contribution is 2.44. The Morgan fingerprint density at radius 1 is 0.800 bits per heavy atom. The SMILES string of the molecule is O=C(O)C(F)(F)F.O=C(O)c1cccc(CN2CCC(n3c(C4CC4)nc4ccc(C(c5ccc(Cl)cc5)c5ccc(Cl)cc5)cc43)CC2)c1. The smallest absolute Gasteiger partial charge is 0.478 e. The lowest BCUT2D eigenvalue weighted by molar-refractivity contribution is -0.192. The molecular weight excluding hydrogens is 690 g/mol. The van der Waals surface area contributed by atoms with Crippen molar-refractivity contribution in [3.05, 3.63) is 135 Å². The Bertz CT molecular complexity index is 1940. The minimum atomic E-state index is -5.08. The summed E-state index contributed by atoms with van der Waals surface area (Å²) in [5.41, 5.74) is 7.24. The Kier molecular flexibility index (Phi) is 10.5. The number of alkyl halides is 3. The van der Waals surface area contributed by atoms with Gasteiger partial charge in [-0.25, -0.2) is 14.6 Å². The minimum Gasteiger partial charge on any atom is -0.478 e. The molecule has 260 valence electrons. The van der Waals surface area contributed by atoms with Gasteiger partial charge in [0.2, 0.25) is 0 Å². The van der Waals surface area contributed by atoms with Gasteiger partial charge in [0.05, 0.1) is 16.6 Å². The van der Waals surface area contributed by atoms with Gasteiger partial charge >= 0.3 is 18.1 Å². The topological polar surface area (TPSA) is 95.7 Å². The van der Waals surface area contributed by atoms with Gasteiger partial charge in [0.15, 0.2) is 0 Å². The third-order valence-electron chi connectivity index (χ3n) is 9.17.